The number of carbonyl (C=O) groups excluding carboxylic acids is 1. The lowest BCUT2D eigenvalue weighted by molar-refractivity contribution is -0.111. The molecule has 0 aliphatic carbocycles. The molecule has 1 aromatic carbocycles. The SMILES string of the molecule is C=CC(=O)Nc1cc(Nc2ncc(Cl)c(-c3cnn4ccccc34)n2)c(OC)cc1N1CCC2(CCCN2C)C1. The van der Waals surface area contributed by atoms with Crippen molar-refractivity contribution in [3.8, 4) is 17.0 Å². The lowest BCUT2D eigenvalue weighted by Gasteiger charge is -2.33. The summed E-state index contributed by atoms with van der Waals surface area (Å²) in [6, 6.07) is 9.61. The zero-order valence-electron chi connectivity index (χ0n) is 22.5. The third kappa shape index (κ3) is 4.63. The summed E-state index contributed by atoms with van der Waals surface area (Å²) in [7, 11) is 3.83. The number of ether oxygens (including phenoxy) is 1. The highest BCUT2D eigenvalue weighted by molar-refractivity contribution is 6.33. The summed E-state index contributed by atoms with van der Waals surface area (Å²) in [5.41, 5.74) is 4.54. The number of fused-ring (bicyclic) bond motifs is 1. The Morgan fingerprint density at radius 1 is 1.20 bits per heavy atom. The predicted octanol–water partition coefficient (Wildman–Crippen LogP) is 5.00. The molecule has 206 valence electrons. The van der Waals surface area contributed by atoms with Crippen LogP contribution in [0.5, 0.6) is 5.75 Å². The molecule has 5 heterocycles. The molecule has 2 aliphatic rings. The van der Waals surface area contributed by atoms with Crippen LogP contribution in [0.2, 0.25) is 5.02 Å². The van der Waals surface area contributed by atoms with Gasteiger partial charge in [0.15, 0.2) is 0 Å². The highest BCUT2D eigenvalue weighted by Crippen LogP contribution is 2.44. The molecule has 2 aliphatic heterocycles. The topological polar surface area (TPSA) is 99.9 Å². The number of halogens is 1. The lowest BCUT2D eigenvalue weighted by Crippen LogP contribution is -2.43. The van der Waals surface area contributed by atoms with Crippen molar-refractivity contribution in [1.29, 1.82) is 0 Å². The van der Waals surface area contributed by atoms with Crippen LogP contribution in [0.4, 0.5) is 23.0 Å². The number of carbonyl (C=O) groups is 1. The number of nitrogens with one attached hydrogen (secondary N) is 2. The molecule has 1 atom stereocenters. The van der Waals surface area contributed by atoms with Gasteiger partial charge in [0.1, 0.15) is 5.75 Å². The first kappa shape index (κ1) is 26.1. The van der Waals surface area contributed by atoms with Gasteiger partial charge in [0, 0.05) is 36.5 Å². The summed E-state index contributed by atoms with van der Waals surface area (Å²) < 4.78 is 7.57. The Kier molecular flexibility index (Phi) is 6.81. The van der Waals surface area contributed by atoms with Crippen LogP contribution in [0.15, 0.2) is 61.6 Å². The summed E-state index contributed by atoms with van der Waals surface area (Å²) in [4.78, 5) is 26.4. The van der Waals surface area contributed by atoms with Crippen molar-refractivity contribution >= 4 is 46.0 Å². The van der Waals surface area contributed by atoms with E-state index in [0.717, 1.165) is 42.8 Å². The van der Waals surface area contributed by atoms with Gasteiger partial charge in [-0.1, -0.05) is 24.2 Å². The number of pyridine rings is 1. The number of benzene rings is 1. The molecule has 2 fully saturated rings. The molecule has 0 saturated carbocycles. The number of anilines is 4. The number of amides is 1. The molecule has 10 nitrogen and oxygen atoms in total. The Labute approximate surface area is 237 Å². The molecular weight excluding hydrogens is 528 g/mol. The van der Waals surface area contributed by atoms with Crippen molar-refractivity contribution in [2.24, 2.45) is 0 Å². The number of likely N-dealkylation sites (N-methyl/N-ethyl adjacent to an activating group) is 1. The molecule has 2 N–H and O–H groups in total. The average Bonchev–Trinajstić information content (AvgIpc) is 3.69. The van der Waals surface area contributed by atoms with Crippen LogP contribution >= 0.6 is 11.6 Å². The Morgan fingerprint density at radius 2 is 2.08 bits per heavy atom. The van der Waals surface area contributed by atoms with Gasteiger partial charge in [-0.2, -0.15) is 5.10 Å². The second kappa shape index (κ2) is 10.4. The highest BCUT2D eigenvalue weighted by Gasteiger charge is 2.44. The fourth-order valence-electron chi connectivity index (χ4n) is 5.89. The zero-order valence-corrected chi connectivity index (χ0v) is 23.3. The number of methoxy groups -OCH3 is 1. The van der Waals surface area contributed by atoms with Crippen molar-refractivity contribution in [3.05, 3.63) is 66.6 Å². The molecule has 1 unspecified atom stereocenters. The van der Waals surface area contributed by atoms with Crippen LogP contribution in [-0.4, -0.2) is 69.7 Å². The molecular formula is C29H31ClN8O2. The Bertz CT molecular complexity index is 1600. The van der Waals surface area contributed by atoms with Crippen molar-refractivity contribution in [2.75, 3.05) is 49.3 Å². The van der Waals surface area contributed by atoms with E-state index in [2.05, 4.69) is 44.1 Å². The van der Waals surface area contributed by atoms with Crippen molar-refractivity contribution in [2.45, 2.75) is 24.8 Å². The van der Waals surface area contributed by atoms with E-state index in [4.69, 9.17) is 21.3 Å². The second-order valence-electron chi connectivity index (χ2n) is 10.3. The third-order valence-corrected chi connectivity index (χ3v) is 8.33. The fourth-order valence-corrected chi connectivity index (χ4v) is 6.08. The van der Waals surface area contributed by atoms with E-state index in [0.29, 0.717) is 33.8 Å². The minimum absolute atomic E-state index is 0.162. The summed E-state index contributed by atoms with van der Waals surface area (Å²) in [5, 5.41) is 11.1. The monoisotopic (exact) mass is 558 g/mol. The molecule has 2 saturated heterocycles. The van der Waals surface area contributed by atoms with E-state index in [1.54, 1.807) is 24.0 Å². The van der Waals surface area contributed by atoms with Gasteiger partial charge in [-0.15, -0.1) is 0 Å². The molecule has 1 spiro atoms. The van der Waals surface area contributed by atoms with E-state index < -0.39 is 0 Å². The summed E-state index contributed by atoms with van der Waals surface area (Å²) in [6.07, 6.45) is 9.88. The normalized spacial score (nSPS) is 18.9. The fraction of sp³-hybridized carbons (Fsp3) is 0.310. The Balaban J connectivity index is 1.36. The van der Waals surface area contributed by atoms with Gasteiger partial charge in [0.05, 0.1) is 52.8 Å². The van der Waals surface area contributed by atoms with Crippen LogP contribution in [0.3, 0.4) is 0 Å². The molecule has 3 aromatic heterocycles. The number of hydrogen-bond donors (Lipinski definition) is 2. The maximum Gasteiger partial charge on any atom is 0.247 e. The first-order chi connectivity index (χ1) is 19.4. The van der Waals surface area contributed by atoms with Gasteiger partial charge < -0.3 is 20.3 Å². The number of hydrogen-bond acceptors (Lipinski definition) is 8. The van der Waals surface area contributed by atoms with Crippen LogP contribution in [-0.2, 0) is 4.79 Å². The number of aromatic nitrogens is 4. The van der Waals surface area contributed by atoms with Gasteiger partial charge in [-0.05, 0) is 57.1 Å². The second-order valence-corrected chi connectivity index (χ2v) is 10.7. The van der Waals surface area contributed by atoms with E-state index in [1.807, 2.05) is 36.5 Å². The van der Waals surface area contributed by atoms with Gasteiger partial charge in [-0.3, -0.25) is 9.69 Å². The van der Waals surface area contributed by atoms with Crippen molar-refractivity contribution in [1.82, 2.24) is 24.5 Å². The molecule has 40 heavy (non-hydrogen) atoms. The number of rotatable bonds is 7. The quantitative estimate of drug-likeness (QED) is 0.306. The van der Waals surface area contributed by atoms with E-state index >= 15 is 0 Å². The molecule has 6 rings (SSSR count). The molecule has 4 aromatic rings. The van der Waals surface area contributed by atoms with Crippen LogP contribution in [0.25, 0.3) is 16.8 Å². The average molecular weight is 559 g/mol. The Morgan fingerprint density at radius 3 is 2.85 bits per heavy atom. The van der Waals surface area contributed by atoms with E-state index in [9.17, 15) is 4.79 Å². The van der Waals surface area contributed by atoms with E-state index in [-0.39, 0.29) is 11.4 Å². The predicted molar refractivity (Wildman–Crippen MR) is 158 cm³/mol. The van der Waals surface area contributed by atoms with Crippen molar-refractivity contribution in [3.63, 3.8) is 0 Å². The standard InChI is InChI=1S/C29H31ClN8O2/c1-4-26(39)33-21-14-22(25(40-3)15-24(21)37-13-10-29(18-37)9-7-11-36(29)2)34-28-31-17-20(30)27(35-28)19-16-32-38-12-6-5-8-23(19)38/h4-6,8,12,14-17H,1,7,9-11,13,18H2,2-3H3,(H,33,39)(H,31,34,35). The maximum absolute atomic E-state index is 12.4. The third-order valence-electron chi connectivity index (χ3n) is 8.05. The lowest BCUT2D eigenvalue weighted by atomic mass is 9.96. The largest absolute Gasteiger partial charge is 0.494 e. The summed E-state index contributed by atoms with van der Waals surface area (Å²) in [6.45, 7) is 6.52. The maximum atomic E-state index is 12.4. The molecule has 11 heteroatoms. The molecule has 0 radical (unpaired) electrons. The Hall–Kier alpha value is -4.15. The molecule has 0 bridgehead atoms. The van der Waals surface area contributed by atoms with Gasteiger partial charge >= 0.3 is 0 Å². The van der Waals surface area contributed by atoms with E-state index in [1.165, 1.54) is 18.9 Å². The number of likely N-dealkylation sites (tertiary alicyclic amines) is 1. The van der Waals surface area contributed by atoms with Gasteiger partial charge in [-0.25, -0.2) is 14.5 Å². The van der Waals surface area contributed by atoms with Gasteiger partial charge in [0.25, 0.3) is 0 Å². The smallest absolute Gasteiger partial charge is 0.247 e. The summed E-state index contributed by atoms with van der Waals surface area (Å²) in [5.74, 6) is 0.639. The minimum atomic E-state index is -0.289. The van der Waals surface area contributed by atoms with Gasteiger partial charge in [0.2, 0.25) is 11.9 Å². The zero-order chi connectivity index (χ0) is 27.9. The first-order valence-electron chi connectivity index (χ1n) is 13.2. The first-order valence-corrected chi connectivity index (χ1v) is 13.6. The summed E-state index contributed by atoms with van der Waals surface area (Å²) >= 11 is 6.52. The number of nitrogens with zero attached hydrogens (tertiary/aromatic N) is 6. The van der Waals surface area contributed by atoms with Crippen LogP contribution in [0, 0.1) is 0 Å². The van der Waals surface area contributed by atoms with Crippen molar-refractivity contribution < 1.29 is 9.53 Å². The highest BCUT2D eigenvalue weighted by atomic mass is 35.5. The molecule has 1 amide bonds. The van der Waals surface area contributed by atoms with Crippen LogP contribution < -0.4 is 20.3 Å². The minimum Gasteiger partial charge on any atom is -0.494 e. The van der Waals surface area contributed by atoms with Crippen LogP contribution in [0.1, 0.15) is 19.3 Å².